The number of benzene rings is 1. The maximum atomic E-state index is 14.4. The highest BCUT2D eigenvalue weighted by Gasteiger charge is 2.24. The quantitative estimate of drug-likeness (QED) is 0.196. The Morgan fingerprint density at radius 2 is 2.00 bits per heavy atom. The van der Waals surface area contributed by atoms with Gasteiger partial charge in [-0.05, 0) is 56.9 Å². The van der Waals surface area contributed by atoms with Crippen molar-refractivity contribution in [3.63, 3.8) is 0 Å². The molecule has 0 N–H and O–H groups in total. The molecular weight excluding hydrogens is 453 g/mol. The molecule has 0 atom stereocenters. The van der Waals surface area contributed by atoms with E-state index in [0.717, 1.165) is 59.3 Å². The number of hydroxylamine groups is 1. The first-order valence-corrected chi connectivity index (χ1v) is 12.5. The van der Waals surface area contributed by atoms with Crippen LogP contribution >= 0.6 is 11.3 Å². The summed E-state index contributed by atoms with van der Waals surface area (Å²) in [4.78, 5) is 16.0. The normalized spacial score (nSPS) is 15.2. The minimum absolute atomic E-state index is 0.149. The van der Waals surface area contributed by atoms with E-state index < -0.39 is 5.82 Å². The van der Waals surface area contributed by atoms with Gasteiger partial charge in [-0.25, -0.2) is 24.1 Å². The fraction of sp³-hybridized carbons (Fsp3) is 0.440. The molecule has 1 aliphatic heterocycles. The summed E-state index contributed by atoms with van der Waals surface area (Å²) in [5.74, 6) is 0.841. The molecule has 0 bridgehead atoms. The Bertz CT molecular complexity index is 1120. The fourth-order valence-corrected chi connectivity index (χ4v) is 4.73. The largest absolute Gasteiger partial charge is 0.624 e. The van der Waals surface area contributed by atoms with E-state index in [1.54, 1.807) is 37.3 Å². The van der Waals surface area contributed by atoms with E-state index in [-0.39, 0.29) is 18.4 Å². The first-order valence-electron chi connectivity index (χ1n) is 11.7. The lowest BCUT2D eigenvalue weighted by Gasteiger charge is -2.31. The van der Waals surface area contributed by atoms with Crippen molar-refractivity contribution in [2.45, 2.75) is 58.6 Å². The summed E-state index contributed by atoms with van der Waals surface area (Å²) < 4.78 is 20.9. The number of halogens is 1. The Morgan fingerprint density at radius 3 is 2.65 bits per heavy atom. The second kappa shape index (κ2) is 10.9. The van der Waals surface area contributed by atoms with E-state index in [0.29, 0.717) is 11.5 Å². The number of anilines is 1. The molecule has 1 fully saturated rings. The van der Waals surface area contributed by atoms with Gasteiger partial charge < -0.3 is 14.8 Å². The zero-order chi connectivity index (χ0) is 24.1. The van der Waals surface area contributed by atoms with Crippen LogP contribution in [0, 0.1) is 11.0 Å². The summed E-state index contributed by atoms with van der Waals surface area (Å²) in [6.07, 6.45) is 8.11. The van der Waals surface area contributed by atoms with Crippen LogP contribution in [0.15, 0.2) is 36.0 Å². The van der Waals surface area contributed by atoms with Gasteiger partial charge in [0.1, 0.15) is 6.61 Å². The lowest BCUT2D eigenvalue weighted by Crippen LogP contribution is -2.34. The van der Waals surface area contributed by atoms with Crippen LogP contribution in [0.2, 0.25) is 0 Å². The van der Waals surface area contributed by atoms with Crippen LogP contribution in [0.1, 0.15) is 61.4 Å². The number of hydrogen-bond acceptors (Lipinski definition) is 7. The van der Waals surface area contributed by atoms with Crippen molar-refractivity contribution in [2.24, 2.45) is 0 Å². The summed E-state index contributed by atoms with van der Waals surface area (Å²) in [6, 6.07) is 4.33. The van der Waals surface area contributed by atoms with Crippen LogP contribution in [0.4, 0.5) is 10.3 Å². The van der Waals surface area contributed by atoms with Crippen LogP contribution < -0.4 is 9.64 Å². The first kappa shape index (κ1) is 24.1. The van der Waals surface area contributed by atoms with Crippen molar-refractivity contribution in [3.05, 3.63) is 68.8 Å². The Labute approximate surface area is 203 Å². The molecule has 0 radical (unpaired) electrons. The summed E-state index contributed by atoms with van der Waals surface area (Å²) in [6.45, 7) is 7.65. The zero-order valence-electron chi connectivity index (χ0n) is 19.8. The van der Waals surface area contributed by atoms with Gasteiger partial charge in [-0.2, -0.15) is 0 Å². The molecule has 34 heavy (non-hydrogen) atoms. The molecule has 1 aromatic carbocycles. The van der Waals surface area contributed by atoms with E-state index in [4.69, 9.17) is 9.72 Å². The van der Waals surface area contributed by atoms with E-state index in [1.807, 2.05) is 17.8 Å². The predicted octanol–water partition coefficient (Wildman–Crippen LogP) is 4.94. The molecule has 0 saturated carbocycles. The SMILES string of the molecule is CCc1cnc(N2CCC(c3nc(COc4ccc(/C=[N+](\[O-])C(C)C)cc4F)cs3)CC2)nc1. The molecule has 0 unspecified atom stereocenters. The van der Waals surface area contributed by atoms with Crippen molar-refractivity contribution in [3.8, 4) is 5.75 Å². The van der Waals surface area contributed by atoms with E-state index in [2.05, 4.69) is 21.8 Å². The Morgan fingerprint density at radius 1 is 1.26 bits per heavy atom. The van der Waals surface area contributed by atoms with Gasteiger partial charge >= 0.3 is 0 Å². The molecule has 2 aromatic heterocycles. The number of aromatic nitrogens is 3. The molecule has 1 aliphatic rings. The highest BCUT2D eigenvalue weighted by molar-refractivity contribution is 7.09. The number of nitrogens with zero attached hydrogens (tertiary/aromatic N) is 5. The Kier molecular flexibility index (Phi) is 7.72. The standard InChI is InChI=1S/C25H30FN5O2S/c1-4-18-12-27-25(28-13-18)30-9-7-20(8-10-30)24-29-21(16-34-24)15-33-23-6-5-19(11-22(23)26)14-31(32)17(2)3/h5-6,11-14,16-17,20H,4,7-10,15H2,1-3H3/b31-14-. The first-order chi connectivity index (χ1) is 16.4. The summed E-state index contributed by atoms with van der Waals surface area (Å²) >= 11 is 1.63. The van der Waals surface area contributed by atoms with Crippen LogP contribution in [-0.2, 0) is 13.0 Å². The lowest BCUT2D eigenvalue weighted by molar-refractivity contribution is -0.487. The number of rotatable bonds is 8. The molecule has 0 amide bonds. The third-order valence-corrected chi connectivity index (χ3v) is 6.97. The second-order valence-electron chi connectivity index (χ2n) is 8.74. The van der Waals surface area contributed by atoms with E-state index in [1.165, 1.54) is 12.3 Å². The van der Waals surface area contributed by atoms with Gasteiger partial charge in [0.25, 0.3) is 0 Å². The maximum Gasteiger partial charge on any atom is 0.225 e. The van der Waals surface area contributed by atoms with Crippen LogP contribution in [-0.4, -0.2) is 45.0 Å². The van der Waals surface area contributed by atoms with Crippen molar-refractivity contribution in [2.75, 3.05) is 18.0 Å². The number of thiazole rings is 1. The number of ether oxygens (including phenoxy) is 1. The minimum atomic E-state index is -0.497. The zero-order valence-corrected chi connectivity index (χ0v) is 20.6. The van der Waals surface area contributed by atoms with Gasteiger partial charge in [0.15, 0.2) is 23.8 Å². The van der Waals surface area contributed by atoms with Gasteiger partial charge in [0.2, 0.25) is 5.95 Å². The second-order valence-corrected chi connectivity index (χ2v) is 9.63. The van der Waals surface area contributed by atoms with Crippen molar-refractivity contribution in [1.29, 1.82) is 0 Å². The van der Waals surface area contributed by atoms with Crippen molar-refractivity contribution in [1.82, 2.24) is 15.0 Å². The molecule has 3 aromatic rings. The summed E-state index contributed by atoms with van der Waals surface area (Å²) in [5.41, 5.74) is 2.44. The summed E-state index contributed by atoms with van der Waals surface area (Å²) in [7, 11) is 0. The predicted molar refractivity (Wildman–Crippen MR) is 132 cm³/mol. The van der Waals surface area contributed by atoms with Crippen molar-refractivity contribution >= 4 is 23.5 Å². The van der Waals surface area contributed by atoms with Crippen LogP contribution in [0.5, 0.6) is 5.75 Å². The minimum Gasteiger partial charge on any atom is -0.624 e. The highest BCUT2D eigenvalue weighted by atomic mass is 32.1. The lowest BCUT2D eigenvalue weighted by atomic mass is 9.98. The molecule has 3 heterocycles. The summed E-state index contributed by atoms with van der Waals surface area (Å²) in [5, 5.41) is 14.8. The molecule has 9 heteroatoms. The number of aryl methyl sites for hydroxylation is 1. The molecule has 180 valence electrons. The smallest absolute Gasteiger partial charge is 0.225 e. The number of hydrogen-bond donors (Lipinski definition) is 0. The maximum absolute atomic E-state index is 14.4. The monoisotopic (exact) mass is 483 g/mol. The van der Waals surface area contributed by atoms with Crippen LogP contribution in [0.3, 0.4) is 0 Å². The molecule has 0 spiro atoms. The van der Waals surface area contributed by atoms with Crippen molar-refractivity contribution < 1.29 is 13.9 Å². The van der Waals surface area contributed by atoms with Gasteiger partial charge in [0.05, 0.1) is 10.7 Å². The highest BCUT2D eigenvalue weighted by Crippen LogP contribution is 2.31. The van der Waals surface area contributed by atoms with Gasteiger partial charge in [-0.1, -0.05) is 6.92 Å². The average molecular weight is 484 g/mol. The molecular formula is C25H30FN5O2S. The fourth-order valence-electron chi connectivity index (χ4n) is 3.76. The average Bonchev–Trinajstić information content (AvgIpc) is 3.33. The Hall–Kier alpha value is -3.07. The van der Waals surface area contributed by atoms with Gasteiger partial charge in [-0.3, -0.25) is 0 Å². The third kappa shape index (κ3) is 5.88. The molecule has 1 saturated heterocycles. The van der Waals surface area contributed by atoms with Gasteiger partial charge in [-0.15, -0.1) is 11.3 Å². The van der Waals surface area contributed by atoms with Crippen LogP contribution in [0.25, 0.3) is 0 Å². The number of piperidine rings is 1. The topological polar surface area (TPSA) is 77.2 Å². The molecule has 4 rings (SSSR count). The molecule has 0 aliphatic carbocycles. The third-order valence-electron chi connectivity index (χ3n) is 5.91. The van der Waals surface area contributed by atoms with E-state index >= 15 is 0 Å². The van der Waals surface area contributed by atoms with E-state index in [9.17, 15) is 9.60 Å². The molecule has 7 nitrogen and oxygen atoms in total. The van der Waals surface area contributed by atoms with Gasteiger partial charge in [0, 0.05) is 42.3 Å². The Balaban J connectivity index is 1.30.